The second kappa shape index (κ2) is 6.14. The summed E-state index contributed by atoms with van der Waals surface area (Å²) < 4.78 is 40.5. The van der Waals surface area contributed by atoms with E-state index in [9.17, 15) is 12.8 Å². The molecule has 2 aromatic rings. The van der Waals surface area contributed by atoms with Gasteiger partial charge in [-0.25, -0.2) is 12.8 Å². The molecule has 4 nitrogen and oxygen atoms in total. The fourth-order valence-electron chi connectivity index (χ4n) is 2.28. The van der Waals surface area contributed by atoms with Crippen LogP contribution in [0.5, 0.6) is 0 Å². The summed E-state index contributed by atoms with van der Waals surface area (Å²) >= 11 is 0. The summed E-state index contributed by atoms with van der Waals surface area (Å²) in [5, 5.41) is 0. The van der Waals surface area contributed by atoms with Crippen molar-refractivity contribution in [1.82, 2.24) is 9.29 Å². The van der Waals surface area contributed by atoms with Gasteiger partial charge in [0.05, 0.1) is 4.90 Å². The van der Waals surface area contributed by atoms with Crippen LogP contribution in [0.3, 0.4) is 0 Å². The van der Waals surface area contributed by atoms with Crippen LogP contribution in [-0.2, 0) is 10.0 Å². The van der Waals surface area contributed by atoms with Crippen molar-refractivity contribution in [3.8, 4) is 0 Å². The predicted octanol–water partition coefficient (Wildman–Crippen LogP) is 3.22. The molecule has 0 bridgehead atoms. The molecule has 1 aromatic carbocycles. The van der Waals surface area contributed by atoms with Crippen LogP contribution in [-0.4, -0.2) is 24.8 Å². The van der Waals surface area contributed by atoms with E-state index in [0.29, 0.717) is 11.1 Å². The summed E-state index contributed by atoms with van der Waals surface area (Å²) in [5.74, 6) is -0.371. The Hall–Kier alpha value is -1.79. The molecule has 22 heavy (non-hydrogen) atoms. The van der Waals surface area contributed by atoms with E-state index in [-0.39, 0.29) is 16.8 Å². The summed E-state index contributed by atoms with van der Waals surface area (Å²) in [6.07, 6.45) is 3.25. The second-order valence-electron chi connectivity index (χ2n) is 5.35. The summed E-state index contributed by atoms with van der Waals surface area (Å²) in [6.45, 7) is 4.93. The molecule has 0 radical (unpaired) electrons. The average Bonchev–Trinajstić information content (AvgIpc) is 2.51. The fourth-order valence-corrected chi connectivity index (χ4v) is 3.80. The monoisotopic (exact) mass is 322 g/mol. The first-order valence-corrected chi connectivity index (χ1v) is 8.34. The van der Waals surface area contributed by atoms with Crippen molar-refractivity contribution < 1.29 is 12.8 Å². The maximum absolute atomic E-state index is 13.7. The number of pyridine rings is 1. The Labute approximate surface area is 130 Å². The van der Waals surface area contributed by atoms with Gasteiger partial charge in [-0.3, -0.25) is 4.98 Å². The Morgan fingerprint density at radius 2 is 1.64 bits per heavy atom. The zero-order chi connectivity index (χ0) is 16.5. The minimum Gasteiger partial charge on any atom is -0.265 e. The first-order valence-electron chi connectivity index (χ1n) is 6.90. The van der Waals surface area contributed by atoms with Gasteiger partial charge < -0.3 is 0 Å². The molecule has 0 spiro atoms. The average molecular weight is 322 g/mol. The van der Waals surface area contributed by atoms with Crippen LogP contribution in [0.15, 0.2) is 41.6 Å². The van der Waals surface area contributed by atoms with E-state index in [1.165, 1.54) is 23.5 Å². The number of aryl methyl sites for hydroxylation is 2. The molecule has 0 aliphatic carbocycles. The molecule has 0 N–H and O–H groups in total. The first kappa shape index (κ1) is 16.6. The van der Waals surface area contributed by atoms with Gasteiger partial charge in [-0.05, 0) is 61.7 Å². The standard InChI is InChI=1S/C16H19FN2O2S/c1-11-9-15(10-12(2)16(11)17)22(20,21)19(4)13(3)14-5-7-18-8-6-14/h5-10,13H,1-4H3. The van der Waals surface area contributed by atoms with E-state index in [1.54, 1.807) is 45.3 Å². The van der Waals surface area contributed by atoms with Gasteiger partial charge >= 0.3 is 0 Å². The minimum atomic E-state index is -3.70. The summed E-state index contributed by atoms with van der Waals surface area (Å²) in [6, 6.07) is 5.94. The molecule has 0 fully saturated rings. The Morgan fingerprint density at radius 1 is 1.14 bits per heavy atom. The number of nitrogens with zero attached hydrogens (tertiary/aromatic N) is 2. The lowest BCUT2D eigenvalue weighted by Crippen LogP contribution is -2.30. The van der Waals surface area contributed by atoms with Crippen LogP contribution in [0.2, 0.25) is 0 Å². The van der Waals surface area contributed by atoms with Crippen molar-refractivity contribution in [2.24, 2.45) is 0 Å². The molecule has 0 saturated carbocycles. The van der Waals surface area contributed by atoms with Gasteiger partial charge in [-0.1, -0.05) is 0 Å². The minimum absolute atomic E-state index is 0.104. The molecule has 1 unspecified atom stereocenters. The first-order chi connectivity index (χ1) is 10.2. The van der Waals surface area contributed by atoms with Gasteiger partial charge in [0.1, 0.15) is 5.82 Å². The fraction of sp³-hybridized carbons (Fsp3) is 0.312. The molecule has 0 aliphatic rings. The topological polar surface area (TPSA) is 50.3 Å². The molecule has 0 aliphatic heterocycles. The van der Waals surface area contributed by atoms with Crippen molar-refractivity contribution >= 4 is 10.0 Å². The van der Waals surface area contributed by atoms with E-state index >= 15 is 0 Å². The lowest BCUT2D eigenvalue weighted by atomic mass is 10.1. The number of rotatable bonds is 4. The highest BCUT2D eigenvalue weighted by atomic mass is 32.2. The second-order valence-corrected chi connectivity index (χ2v) is 7.35. The number of benzene rings is 1. The Kier molecular flexibility index (Phi) is 4.63. The summed E-state index contributed by atoms with van der Waals surface area (Å²) in [4.78, 5) is 4.03. The van der Waals surface area contributed by atoms with Gasteiger partial charge in [-0.2, -0.15) is 4.31 Å². The highest BCUT2D eigenvalue weighted by molar-refractivity contribution is 7.89. The van der Waals surface area contributed by atoms with E-state index in [4.69, 9.17) is 0 Å². The maximum Gasteiger partial charge on any atom is 0.243 e. The van der Waals surface area contributed by atoms with E-state index in [2.05, 4.69) is 4.98 Å². The highest BCUT2D eigenvalue weighted by Crippen LogP contribution is 2.27. The molecule has 118 valence electrons. The number of hydrogen-bond donors (Lipinski definition) is 0. The van der Waals surface area contributed by atoms with Crippen LogP contribution in [0.1, 0.15) is 29.7 Å². The Balaban J connectivity index is 2.42. The van der Waals surface area contributed by atoms with Crippen molar-refractivity contribution in [2.75, 3.05) is 7.05 Å². The largest absolute Gasteiger partial charge is 0.265 e. The SMILES string of the molecule is Cc1cc(S(=O)(=O)N(C)C(C)c2ccncc2)cc(C)c1F. The van der Waals surface area contributed by atoms with Gasteiger partial charge in [-0.15, -0.1) is 0 Å². The quantitative estimate of drug-likeness (QED) is 0.868. The normalized spacial score (nSPS) is 13.4. The third kappa shape index (κ3) is 3.03. The van der Waals surface area contributed by atoms with Crippen LogP contribution >= 0.6 is 0 Å². The molecule has 0 amide bonds. The Bertz CT molecular complexity index is 753. The van der Waals surface area contributed by atoms with Gasteiger partial charge in [0.25, 0.3) is 0 Å². The number of hydrogen-bond acceptors (Lipinski definition) is 3. The van der Waals surface area contributed by atoms with Crippen LogP contribution < -0.4 is 0 Å². The van der Waals surface area contributed by atoms with Crippen molar-refractivity contribution in [3.05, 3.63) is 59.2 Å². The zero-order valence-corrected chi connectivity index (χ0v) is 13.9. The third-order valence-corrected chi connectivity index (χ3v) is 5.73. The molecule has 1 heterocycles. The van der Waals surface area contributed by atoms with Crippen LogP contribution in [0.25, 0.3) is 0 Å². The van der Waals surface area contributed by atoms with E-state index in [1.807, 2.05) is 0 Å². The summed E-state index contributed by atoms with van der Waals surface area (Å²) in [7, 11) is -2.18. The van der Waals surface area contributed by atoms with Gasteiger partial charge in [0.2, 0.25) is 10.0 Å². The lowest BCUT2D eigenvalue weighted by molar-refractivity contribution is 0.398. The van der Waals surface area contributed by atoms with Gasteiger partial charge in [0, 0.05) is 25.5 Å². The van der Waals surface area contributed by atoms with Crippen molar-refractivity contribution in [1.29, 1.82) is 0 Å². The number of sulfonamides is 1. The lowest BCUT2D eigenvalue weighted by Gasteiger charge is -2.25. The molecular weight excluding hydrogens is 303 g/mol. The third-order valence-electron chi connectivity index (χ3n) is 3.82. The van der Waals surface area contributed by atoms with Gasteiger partial charge in [0.15, 0.2) is 0 Å². The van der Waals surface area contributed by atoms with Crippen molar-refractivity contribution in [3.63, 3.8) is 0 Å². The Morgan fingerprint density at radius 3 is 2.14 bits per heavy atom. The summed E-state index contributed by atoms with van der Waals surface area (Å²) in [5.41, 5.74) is 1.49. The predicted molar refractivity (Wildman–Crippen MR) is 83.5 cm³/mol. The van der Waals surface area contributed by atoms with Crippen molar-refractivity contribution in [2.45, 2.75) is 31.7 Å². The van der Waals surface area contributed by atoms with E-state index in [0.717, 1.165) is 5.56 Å². The number of halogens is 1. The highest BCUT2D eigenvalue weighted by Gasteiger charge is 2.27. The maximum atomic E-state index is 13.7. The molecule has 0 saturated heterocycles. The molecule has 2 rings (SSSR count). The molecule has 1 atom stereocenters. The van der Waals surface area contributed by atoms with Crippen LogP contribution in [0, 0.1) is 19.7 Å². The number of aromatic nitrogens is 1. The molecule has 6 heteroatoms. The van der Waals surface area contributed by atoms with Crippen LogP contribution in [0.4, 0.5) is 4.39 Å². The molecular formula is C16H19FN2O2S. The zero-order valence-electron chi connectivity index (χ0n) is 13.0. The van der Waals surface area contributed by atoms with E-state index < -0.39 is 10.0 Å². The molecule has 1 aromatic heterocycles. The smallest absolute Gasteiger partial charge is 0.243 e.